The van der Waals surface area contributed by atoms with Gasteiger partial charge in [0.1, 0.15) is 5.75 Å². The highest BCUT2D eigenvalue weighted by Gasteiger charge is 2.29. The summed E-state index contributed by atoms with van der Waals surface area (Å²) >= 11 is 3.58. The van der Waals surface area contributed by atoms with Gasteiger partial charge in [0.15, 0.2) is 0 Å². The van der Waals surface area contributed by atoms with E-state index in [4.69, 9.17) is 4.74 Å². The van der Waals surface area contributed by atoms with E-state index >= 15 is 0 Å². The lowest BCUT2D eigenvalue weighted by Crippen LogP contribution is -2.02. The number of aryl methyl sites for hydroxylation is 1. The Morgan fingerprint density at radius 3 is 2.81 bits per heavy atom. The van der Waals surface area contributed by atoms with Gasteiger partial charge in [-0.1, -0.05) is 6.08 Å². The van der Waals surface area contributed by atoms with Crippen LogP contribution in [0.4, 0.5) is 0 Å². The Balaban J connectivity index is 2.08. The number of hydrogen-bond donors (Lipinski definition) is 0. The Morgan fingerprint density at radius 1 is 1.31 bits per heavy atom. The molecule has 0 radical (unpaired) electrons. The predicted molar refractivity (Wildman–Crippen MR) is 69.7 cm³/mol. The molecule has 0 bridgehead atoms. The van der Waals surface area contributed by atoms with Crippen molar-refractivity contribution in [2.75, 3.05) is 7.11 Å². The highest BCUT2D eigenvalue weighted by molar-refractivity contribution is 9.10. The first-order valence-electron chi connectivity index (χ1n) is 5.86. The largest absolute Gasteiger partial charge is 0.496 e. The van der Waals surface area contributed by atoms with Crippen LogP contribution in [0.15, 0.2) is 22.7 Å². The number of halogens is 1. The van der Waals surface area contributed by atoms with Crippen LogP contribution in [0.3, 0.4) is 0 Å². The van der Waals surface area contributed by atoms with Crippen LogP contribution >= 0.6 is 15.9 Å². The van der Waals surface area contributed by atoms with E-state index in [2.05, 4.69) is 34.1 Å². The first-order valence-corrected chi connectivity index (χ1v) is 6.65. The minimum absolute atomic E-state index is 0.833. The average Bonchev–Trinajstić information content (AvgIpc) is 3.11. The molecular weight excluding hydrogens is 264 g/mol. The molecular formula is C14H15BrO. The third-order valence-electron chi connectivity index (χ3n) is 3.48. The molecule has 0 N–H and O–H groups in total. The number of rotatable bonds is 2. The summed E-state index contributed by atoms with van der Waals surface area (Å²) in [6.07, 6.45) is 7.50. The van der Waals surface area contributed by atoms with E-state index in [0.717, 1.165) is 22.6 Å². The minimum Gasteiger partial charge on any atom is -0.496 e. The first-order chi connectivity index (χ1) is 7.79. The van der Waals surface area contributed by atoms with Crippen LogP contribution in [0, 0.1) is 5.92 Å². The van der Waals surface area contributed by atoms with Crippen LogP contribution in [0.25, 0.3) is 5.57 Å². The fourth-order valence-electron chi connectivity index (χ4n) is 2.50. The fraction of sp³-hybridized carbons (Fsp3) is 0.429. The molecule has 16 heavy (non-hydrogen) atoms. The number of ether oxygens (including phenoxy) is 1. The van der Waals surface area contributed by atoms with Gasteiger partial charge < -0.3 is 4.74 Å². The topological polar surface area (TPSA) is 9.23 Å². The van der Waals surface area contributed by atoms with Gasteiger partial charge in [-0.2, -0.15) is 0 Å². The Labute approximate surface area is 105 Å². The Hall–Kier alpha value is -0.760. The standard InChI is InChI=1S/C14H15BrO/c1-16-14-7-10-3-2-4-11(9-5-6-9)12(10)8-13(14)15/h4,7-9H,2-3,5-6H2,1H3. The van der Waals surface area contributed by atoms with E-state index < -0.39 is 0 Å². The molecule has 2 heteroatoms. The van der Waals surface area contributed by atoms with Crippen molar-refractivity contribution in [3.63, 3.8) is 0 Å². The molecule has 3 rings (SSSR count). The second kappa shape index (κ2) is 3.92. The highest BCUT2D eigenvalue weighted by Crippen LogP contribution is 2.46. The number of fused-ring (bicyclic) bond motifs is 1. The highest BCUT2D eigenvalue weighted by atomic mass is 79.9. The van der Waals surface area contributed by atoms with E-state index in [1.165, 1.54) is 30.4 Å². The molecule has 0 saturated heterocycles. The van der Waals surface area contributed by atoms with Crippen molar-refractivity contribution in [2.24, 2.45) is 5.92 Å². The van der Waals surface area contributed by atoms with Crippen molar-refractivity contribution in [1.82, 2.24) is 0 Å². The summed E-state index contributed by atoms with van der Waals surface area (Å²) in [5.74, 6) is 1.79. The minimum atomic E-state index is 0.833. The maximum absolute atomic E-state index is 5.36. The molecule has 1 nitrogen and oxygen atoms in total. The molecule has 1 aromatic carbocycles. The van der Waals surface area contributed by atoms with E-state index in [-0.39, 0.29) is 0 Å². The van der Waals surface area contributed by atoms with Gasteiger partial charge in [0.25, 0.3) is 0 Å². The molecule has 1 saturated carbocycles. The summed E-state index contributed by atoms with van der Waals surface area (Å²) < 4.78 is 6.43. The predicted octanol–water partition coefficient (Wildman–Crippen LogP) is 4.20. The zero-order chi connectivity index (χ0) is 11.1. The zero-order valence-corrected chi connectivity index (χ0v) is 11.0. The maximum Gasteiger partial charge on any atom is 0.133 e. The van der Waals surface area contributed by atoms with Gasteiger partial charge in [-0.3, -0.25) is 0 Å². The van der Waals surface area contributed by atoms with E-state index in [0.29, 0.717) is 0 Å². The van der Waals surface area contributed by atoms with Gasteiger partial charge in [0.2, 0.25) is 0 Å². The molecule has 0 spiro atoms. The smallest absolute Gasteiger partial charge is 0.133 e. The molecule has 84 valence electrons. The molecule has 1 fully saturated rings. The Morgan fingerprint density at radius 2 is 2.12 bits per heavy atom. The molecule has 0 atom stereocenters. The van der Waals surface area contributed by atoms with Gasteiger partial charge in [0, 0.05) is 0 Å². The first kappa shape index (κ1) is 10.4. The normalized spacial score (nSPS) is 19.0. The second-order valence-electron chi connectivity index (χ2n) is 4.62. The summed E-state index contributed by atoms with van der Waals surface area (Å²) in [5.41, 5.74) is 4.47. The van der Waals surface area contributed by atoms with E-state index in [9.17, 15) is 0 Å². The lowest BCUT2D eigenvalue weighted by atomic mass is 9.88. The molecule has 0 unspecified atom stereocenters. The van der Waals surface area contributed by atoms with Crippen molar-refractivity contribution < 1.29 is 4.74 Å². The van der Waals surface area contributed by atoms with E-state index in [1.54, 1.807) is 12.7 Å². The van der Waals surface area contributed by atoms with Gasteiger partial charge in [-0.15, -0.1) is 0 Å². The third kappa shape index (κ3) is 1.69. The van der Waals surface area contributed by atoms with Crippen LogP contribution in [-0.4, -0.2) is 7.11 Å². The molecule has 2 aliphatic carbocycles. The van der Waals surface area contributed by atoms with Gasteiger partial charge in [0.05, 0.1) is 11.6 Å². The van der Waals surface area contributed by atoms with Crippen LogP contribution < -0.4 is 4.74 Å². The molecule has 1 aromatic rings. The molecule has 2 aliphatic rings. The van der Waals surface area contributed by atoms with Gasteiger partial charge >= 0.3 is 0 Å². The third-order valence-corrected chi connectivity index (χ3v) is 4.10. The molecule has 0 amide bonds. The quantitative estimate of drug-likeness (QED) is 0.788. The fourth-order valence-corrected chi connectivity index (χ4v) is 3.01. The summed E-state index contributed by atoms with van der Waals surface area (Å²) in [4.78, 5) is 0. The van der Waals surface area contributed by atoms with Crippen molar-refractivity contribution in [3.05, 3.63) is 33.8 Å². The molecule has 0 aromatic heterocycles. The monoisotopic (exact) mass is 278 g/mol. The number of methoxy groups -OCH3 is 1. The Bertz CT molecular complexity index is 458. The summed E-state index contributed by atoms with van der Waals surface area (Å²) in [7, 11) is 1.73. The van der Waals surface area contributed by atoms with Crippen LogP contribution in [0.2, 0.25) is 0 Å². The summed E-state index contributed by atoms with van der Waals surface area (Å²) in [6.45, 7) is 0. The van der Waals surface area contributed by atoms with Gasteiger partial charge in [-0.25, -0.2) is 0 Å². The average molecular weight is 279 g/mol. The van der Waals surface area contributed by atoms with Crippen LogP contribution in [0.1, 0.15) is 30.4 Å². The summed E-state index contributed by atoms with van der Waals surface area (Å²) in [6, 6.07) is 4.42. The second-order valence-corrected chi connectivity index (χ2v) is 5.47. The summed E-state index contributed by atoms with van der Waals surface area (Å²) in [5, 5.41) is 0. The lowest BCUT2D eigenvalue weighted by Gasteiger charge is -2.19. The van der Waals surface area contributed by atoms with Crippen molar-refractivity contribution in [3.8, 4) is 5.75 Å². The molecule has 0 heterocycles. The van der Waals surface area contributed by atoms with Crippen LogP contribution in [0.5, 0.6) is 5.75 Å². The van der Waals surface area contributed by atoms with E-state index in [1.807, 2.05) is 0 Å². The zero-order valence-electron chi connectivity index (χ0n) is 9.42. The van der Waals surface area contributed by atoms with Crippen LogP contribution in [-0.2, 0) is 6.42 Å². The van der Waals surface area contributed by atoms with Crippen molar-refractivity contribution >= 4 is 21.5 Å². The van der Waals surface area contributed by atoms with Crippen molar-refractivity contribution in [1.29, 1.82) is 0 Å². The number of allylic oxidation sites excluding steroid dienone is 2. The SMILES string of the molecule is COc1cc2c(cc1Br)C(C1CC1)=CCC2. The molecule has 0 aliphatic heterocycles. The lowest BCUT2D eigenvalue weighted by molar-refractivity contribution is 0.411. The number of hydrogen-bond acceptors (Lipinski definition) is 1. The Kier molecular flexibility index (Phi) is 2.55. The van der Waals surface area contributed by atoms with Gasteiger partial charge in [-0.05, 0) is 76.4 Å². The van der Waals surface area contributed by atoms with Crippen molar-refractivity contribution in [2.45, 2.75) is 25.7 Å². The number of benzene rings is 1. The maximum atomic E-state index is 5.36.